The van der Waals surface area contributed by atoms with Crippen LogP contribution in [0.15, 0.2) is 30.5 Å². The highest BCUT2D eigenvalue weighted by Gasteiger charge is 2.28. The molecule has 1 saturated carbocycles. The lowest BCUT2D eigenvalue weighted by Crippen LogP contribution is -2.39. The molecule has 2 saturated heterocycles. The van der Waals surface area contributed by atoms with Gasteiger partial charge in [-0.2, -0.15) is 0 Å². The number of carbonyl (C=O) groups is 2. The first kappa shape index (κ1) is 32.1. The summed E-state index contributed by atoms with van der Waals surface area (Å²) in [5.41, 5.74) is 12.6. The topological polar surface area (TPSA) is 142 Å². The van der Waals surface area contributed by atoms with E-state index >= 15 is 0 Å². The van der Waals surface area contributed by atoms with Crippen molar-refractivity contribution in [2.24, 2.45) is 11.5 Å². The largest absolute Gasteiger partial charge is 0.364 e. The molecule has 3 amide bonds. The number of piperidine rings is 2. The van der Waals surface area contributed by atoms with Gasteiger partial charge >= 0.3 is 6.03 Å². The first-order chi connectivity index (χ1) is 19.9. The number of benzene rings is 1. The van der Waals surface area contributed by atoms with Gasteiger partial charge in [0.05, 0.1) is 6.20 Å². The second-order valence-electron chi connectivity index (χ2n) is 10.9. The van der Waals surface area contributed by atoms with Gasteiger partial charge in [0, 0.05) is 31.4 Å². The van der Waals surface area contributed by atoms with Gasteiger partial charge in [0.25, 0.3) is 5.91 Å². The number of nitrogens with two attached hydrogens (primary N) is 2. The minimum Gasteiger partial charge on any atom is -0.364 e. The number of urea groups is 1. The smallest absolute Gasteiger partial charge is 0.311 e. The molecule has 1 atom stereocenters. The number of aromatic nitrogens is 2. The molecule has 3 heterocycles. The summed E-state index contributed by atoms with van der Waals surface area (Å²) in [5, 5.41) is 5.48. The number of nitrogens with one attached hydrogen (secondary N) is 2. The van der Waals surface area contributed by atoms with Crippen molar-refractivity contribution in [1.29, 1.82) is 0 Å². The van der Waals surface area contributed by atoms with Crippen LogP contribution in [0.4, 0.5) is 22.1 Å². The summed E-state index contributed by atoms with van der Waals surface area (Å²) >= 11 is 0. The van der Waals surface area contributed by atoms with Gasteiger partial charge in [-0.25, -0.2) is 14.8 Å². The van der Waals surface area contributed by atoms with Gasteiger partial charge in [-0.05, 0) is 88.6 Å². The molecule has 0 spiro atoms. The van der Waals surface area contributed by atoms with Crippen molar-refractivity contribution in [2.45, 2.75) is 96.6 Å². The Morgan fingerprint density at radius 2 is 1.51 bits per heavy atom. The lowest BCUT2D eigenvalue weighted by atomic mass is 9.88. The summed E-state index contributed by atoms with van der Waals surface area (Å²) in [7, 11) is 1.47. The lowest BCUT2D eigenvalue weighted by Gasteiger charge is -2.36. The van der Waals surface area contributed by atoms with Crippen LogP contribution >= 0.6 is 0 Å². The molecule has 5 rings (SSSR count). The third kappa shape index (κ3) is 9.05. The van der Waals surface area contributed by atoms with Crippen LogP contribution in [0.1, 0.15) is 101 Å². The maximum Gasteiger partial charge on any atom is 0.311 e. The predicted molar refractivity (Wildman–Crippen MR) is 167 cm³/mol. The molecule has 2 aliphatic heterocycles. The van der Waals surface area contributed by atoms with E-state index in [1.807, 2.05) is 13.8 Å². The second kappa shape index (κ2) is 16.1. The molecular weight excluding hydrogens is 516 g/mol. The van der Waals surface area contributed by atoms with E-state index in [1.165, 1.54) is 70.6 Å². The highest BCUT2D eigenvalue weighted by Crippen LogP contribution is 2.33. The van der Waals surface area contributed by atoms with Gasteiger partial charge in [-0.3, -0.25) is 4.79 Å². The molecule has 226 valence electrons. The zero-order valence-corrected chi connectivity index (χ0v) is 25.4. The summed E-state index contributed by atoms with van der Waals surface area (Å²) in [6, 6.07) is 9.34. The number of hydrogen-bond donors (Lipinski definition) is 4. The van der Waals surface area contributed by atoms with Gasteiger partial charge in [0.2, 0.25) is 0 Å². The molecule has 1 aromatic heterocycles. The van der Waals surface area contributed by atoms with E-state index in [1.54, 1.807) is 6.20 Å². The molecule has 41 heavy (non-hydrogen) atoms. The number of nitrogens with zero attached hydrogens (tertiary/aromatic N) is 4. The zero-order chi connectivity index (χ0) is 29.8. The first-order valence-electron chi connectivity index (χ1n) is 15.4. The molecule has 2 aromatic rings. The molecule has 1 aliphatic carbocycles. The predicted octanol–water partition coefficient (Wildman–Crippen LogP) is 5.13. The normalized spacial score (nSPS) is 19.8. The van der Waals surface area contributed by atoms with Crippen LogP contribution in [0.2, 0.25) is 0 Å². The summed E-state index contributed by atoms with van der Waals surface area (Å²) < 4.78 is 0. The van der Waals surface area contributed by atoms with Gasteiger partial charge in [-0.15, -0.1) is 0 Å². The Kier molecular flexibility index (Phi) is 12.6. The number of carbonyl (C=O) groups excluding carboxylic acids is 2. The van der Waals surface area contributed by atoms with E-state index in [4.69, 9.17) is 10.7 Å². The number of hydrogen-bond acceptors (Lipinski definition) is 7. The Morgan fingerprint density at radius 3 is 2.07 bits per heavy atom. The number of primary amides is 2. The summed E-state index contributed by atoms with van der Waals surface area (Å²) in [5.74, 6) is 1.28. The maximum absolute atomic E-state index is 12.0. The fraction of sp³-hybridized carbons (Fsp3) is 0.613. The van der Waals surface area contributed by atoms with Crippen LogP contribution in [-0.4, -0.2) is 65.6 Å². The standard InChI is InChI=1S/C27H38N6O.C2H6N2O.C2H6/c1-19-6-4-5-15-33(19)24-18-29-25(26(28)34)27(31-24)30-22-11-9-20(10-12-22)21-13-16-32(17-14-21)23-7-2-3-8-23;1-4-2(3)5;1-2/h9-12,18-19,21,23H,2-8,13-17H2,1H3,(H2,28,34)(H,30,31);1H3,(H3,3,4,5);1-2H3. The van der Waals surface area contributed by atoms with E-state index < -0.39 is 11.9 Å². The number of anilines is 3. The molecule has 10 heteroatoms. The van der Waals surface area contributed by atoms with E-state index in [9.17, 15) is 9.59 Å². The lowest BCUT2D eigenvalue weighted by molar-refractivity contribution is 0.0996. The molecule has 6 N–H and O–H groups in total. The Hall–Kier alpha value is -3.40. The summed E-state index contributed by atoms with van der Waals surface area (Å²) in [6.07, 6.45) is 13.2. The second-order valence-corrected chi connectivity index (χ2v) is 10.9. The van der Waals surface area contributed by atoms with Crippen LogP contribution in [0.5, 0.6) is 0 Å². The van der Waals surface area contributed by atoms with Crippen LogP contribution in [0, 0.1) is 0 Å². The SMILES string of the molecule is CC.CC1CCCCN1c1cnc(C(N)=O)c(Nc2ccc(C3CCN(C4CCCC4)CC3)cc2)n1.CNC(N)=O. The molecule has 10 nitrogen and oxygen atoms in total. The Labute approximate surface area is 245 Å². The number of likely N-dealkylation sites (tertiary alicyclic amines) is 1. The molecule has 1 aromatic carbocycles. The van der Waals surface area contributed by atoms with Gasteiger partial charge in [0.1, 0.15) is 5.82 Å². The Balaban J connectivity index is 0.000000598. The molecule has 0 radical (unpaired) electrons. The fourth-order valence-electron chi connectivity index (χ4n) is 6.07. The quantitative estimate of drug-likeness (QED) is 0.380. The van der Waals surface area contributed by atoms with Crippen molar-refractivity contribution in [3.63, 3.8) is 0 Å². The maximum atomic E-state index is 12.0. The average Bonchev–Trinajstić information content (AvgIpc) is 3.54. The fourth-order valence-corrected chi connectivity index (χ4v) is 6.07. The molecule has 1 unspecified atom stereocenters. The van der Waals surface area contributed by atoms with E-state index in [2.05, 4.69) is 62.3 Å². The highest BCUT2D eigenvalue weighted by atomic mass is 16.2. The molecule has 3 aliphatic rings. The van der Waals surface area contributed by atoms with Crippen LogP contribution in [-0.2, 0) is 0 Å². The van der Waals surface area contributed by atoms with Gasteiger partial charge in [0.15, 0.2) is 11.5 Å². The number of amides is 3. The zero-order valence-electron chi connectivity index (χ0n) is 25.4. The van der Waals surface area contributed by atoms with E-state index in [-0.39, 0.29) is 5.69 Å². The molecular formula is C31H50N8O2. The van der Waals surface area contributed by atoms with Crippen LogP contribution in [0.25, 0.3) is 0 Å². The van der Waals surface area contributed by atoms with Gasteiger partial charge in [-0.1, -0.05) is 38.8 Å². The third-order valence-electron chi connectivity index (χ3n) is 8.35. The van der Waals surface area contributed by atoms with E-state index in [0.29, 0.717) is 17.8 Å². The molecule has 0 bridgehead atoms. The third-order valence-corrected chi connectivity index (χ3v) is 8.35. The Bertz CT molecular complexity index is 1100. The van der Waals surface area contributed by atoms with Crippen molar-refractivity contribution in [3.8, 4) is 0 Å². The minimum absolute atomic E-state index is 0.178. The van der Waals surface area contributed by atoms with Crippen molar-refractivity contribution in [2.75, 3.05) is 36.9 Å². The highest BCUT2D eigenvalue weighted by molar-refractivity contribution is 5.96. The van der Waals surface area contributed by atoms with Crippen molar-refractivity contribution in [1.82, 2.24) is 20.2 Å². The Morgan fingerprint density at radius 1 is 0.902 bits per heavy atom. The first-order valence-corrected chi connectivity index (χ1v) is 15.4. The van der Waals surface area contributed by atoms with Crippen molar-refractivity contribution >= 4 is 29.3 Å². The van der Waals surface area contributed by atoms with Crippen LogP contribution < -0.4 is 27.0 Å². The van der Waals surface area contributed by atoms with E-state index in [0.717, 1.165) is 36.9 Å². The van der Waals surface area contributed by atoms with Crippen molar-refractivity contribution < 1.29 is 9.59 Å². The molecule has 3 fully saturated rings. The number of rotatable bonds is 6. The minimum atomic E-state index is -0.570. The van der Waals surface area contributed by atoms with Gasteiger partial charge < -0.3 is 31.9 Å². The van der Waals surface area contributed by atoms with Crippen molar-refractivity contribution in [3.05, 3.63) is 41.7 Å². The van der Waals surface area contributed by atoms with Crippen LogP contribution in [0.3, 0.4) is 0 Å². The summed E-state index contributed by atoms with van der Waals surface area (Å²) in [4.78, 5) is 35.6. The monoisotopic (exact) mass is 566 g/mol. The average molecular weight is 567 g/mol. The summed E-state index contributed by atoms with van der Waals surface area (Å²) in [6.45, 7) is 9.61.